The number of rotatable bonds is 4. The first-order chi connectivity index (χ1) is 9.99. The predicted octanol–water partition coefficient (Wildman–Crippen LogP) is 5.40. The van der Waals surface area contributed by atoms with E-state index in [-0.39, 0.29) is 10.6 Å². The van der Waals surface area contributed by atoms with Crippen molar-refractivity contribution in [2.45, 2.75) is 11.8 Å². The Labute approximate surface area is 140 Å². The first-order valence-corrected chi connectivity index (χ1v) is 8.01. The average Bonchev–Trinajstić information content (AvgIpc) is 2.49. The van der Waals surface area contributed by atoms with Gasteiger partial charge in [-0.1, -0.05) is 44.0 Å². The SMILES string of the molecule is COc1cc(F)c(C(Br)c2cccc(Br)c2C)cc1OC. The fourth-order valence-electron chi connectivity index (χ4n) is 2.13. The summed E-state index contributed by atoms with van der Waals surface area (Å²) in [6.07, 6.45) is 0. The zero-order valence-corrected chi connectivity index (χ0v) is 15.1. The molecule has 0 N–H and O–H groups in total. The molecule has 0 saturated heterocycles. The van der Waals surface area contributed by atoms with Crippen molar-refractivity contribution in [1.29, 1.82) is 0 Å². The Morgan fingerprint density at radius 3 is 2.29 bits per heavy atom. The van der Waals surface area contributed by atoms with Crippen LogP contribution in [0.1, 0.15) is 21.5 Å². The van der Waals surface area contributed by atoms with Crippen LogP contribution in [-0.4, -0.2) is 14.2 Å². The number of halogens is 3. The Bertz CT molecular complexity index is 659. The summed E-state index contributed by atoms with van der Waals surface area (Å²) in [5.74, 6) is 0.546. The number of hydrogen-bond donors (Lipinski definition) is 0. The smallest absolute Gasteiger partial charge is 0.163 e. The van der Waals surface area contributed by atoms with Crippen LogP contribution < -0.4 is 9.47 Å². The third-order valence-corrected chi connectivity index (χ3v) is 5.20. The predicted molar refractivity (Wildman–Crippen MR) is 89.2 cm³/mol. The van der Waals surface area contributed by atoms with E-state index in [1.807, 2.05) is 25.1 Å². The highest BCUT2D eigenvalue weighted by atomic mass is 79.9. The second kappa shape index (κ2) is 6.79. The summed E-state index contributed by atoms with van der Waals surface area (Å²) in [6.45, 7) is 1.99. The molecule has 0 amide bonds. The molecule has 0 saturated carbocycles. The molecule has 0 bridgehead atoms. The fourth-order valence-corrected chi connectivity index (χ4v) is 3.36. The van der Waals surface area contributed by atoms with Gasteiger partial charge in [-0.3, -0.25) is 0 Å². The van der Waals surface area contributed by atoms with E-state index in [1.54, 1.807) is 6.07 Å². The van der Waals surface area contributed by atoms with Crippen LogP contribution in [-0.2, 0) is 0 Å². The molecule has 0 spiro atoms. The quantitative estimate of drug-likeness (QED) is 0.620. The van der Waals surface area contributed by atoms with Crippen LogP contribution in [0.5, 0.6) is 11.5 Å². The van der Waals surface area contributed by atoms with E-state index in [0.717, 1.165) is 15.6 Å². The van der Waals surface area contributed by atoms with Gasteiger partial charge in [0.25, 0.3) is 0 Å². The molecule has 0 aliphatic carbocycles. The van der Waals surface area contributed by atoms with Gasteiger partial charge in [0.2, 0.25) is 0 Å². The van der Waals surface area contributed by atoms with Crippen LogP contribution in [0.2, 0.25) is 0 Å². The number of ether oxygens (including phenoxy) is 2. The van der Waals surface area contributed by atoms with Crippen molar-refractivity contribution in [3.63, 3.8) is 0 Å². The second-order valence-corrected chi connectivity index (χ2v) is 6.32. The van der Waals surface area contributed by atoms with Gasteiger partial charge < -0.3 is 9.47 Å². The fraction of sp³-hybridized carbons (Fsp3) is 0.250. The summed E-state index contributed by atoms with van der Waals surface area (Å²) in [4.78, 5) is -0.269. The van der Waals surface area contributed by atoms with E-state index < -0.39 is 0 Å². The summed E-state index contributed by atoms with van der Waals surface area (Å²) in [6, 6.07) is 8.86. The monoisotopic (exact) mass is 416 g/mol. The number of methoxy groups -OCH3 is 2. The molecule has 0 radical (unpaired) electrons. The van der Waals surface area contributed by atoms with Gasteiger partial charge in [-0.25, -0.2) is 4.39 Å². The molecular weight excluding hydrogens is 403 g/mol. The summed E-state index contributed by atoms with van der Waals surface area (Å²) in [5, 5.41) is 0. The molecule has 0 aliphatic rings. The molecule has 0 aliphatic heterocycles. The molecule has 21 heavy (non-hydrogen) atoms. The minimum absolute atomic E-state index is 0.269. The molecule has 2 rings (SSSR count). The third-order valence-electron chi connectivity index (χ3n) is 3.36. The molecule has 1 atom stereocenters. The highest BCUT2D eigenvalue weighted by molar-refractivity contribution is 9.10. The van der Waals surface area contributed by atoms with Gasteiger partial charge in [-0.05, 0) is 30.2 Å². The topological polar surface area (TPSA) is 18.5 Å². The van der Waals surface area contributed by atoms with Gasteiger partial charge in [0.1, 0.15) is 5.82 Å². The first-order valence-electron chi connectivity index (χ1n) is 6.30. The van der Waals surface area contributed by atoms with Crippen LogP contribution in [0.25, 0.3) is 0 Å². The van der Waals surface area contributed by atoms with E-state index in [9.17, 15) is 4.39 Å². The van der Waals surface area contributed by atoms with Crippen molar-refractivity contribution < 1.29 is 13.9 Å². The van der Waals surface area contributed by atoms with Crippen LogP contribution in [0.4, 0.5) is 4.39 Å². The molecule has 112 valence electrons. The van der Waals surface area contributed by atoms with Crippen LogP contribution in [0, 0.1) is 12.7 Å². The van der Waals surface area contributed by atoms with Crippen molar-refractivity contribution in [2.75, 3.05) is 14.2 Å². The van der Waals surface area contributed by atoms with Crippen molar-refractivity contribution in [3.8, 4) is 11.5 Å². The Hall–Kier alpha value is -1.07. The molecule has 1 unspecified atom stereocenters. The molecule has 0 heterocycles. The van der Waals surface area contributed by atoms with Crippen molar-refractivity contribution >= 4 is 31.9 Å². The minimum Gasteiger partial charge on any atom is -0.493 e. The lowest BCUT2D eigenvalue weighted by Gasteiger charge is -2.17. The molecule has 2 nitrogen and oxygen atoms in total. The van der Waals surface area contributed by atoms with Crippen molar-refractivity contribution in [2.24, 2.45) is 0 Å². The standard InChI is InChI=1S/C16H15Br2FO2/c1-9-10(5-4-6-12(9)17)16(18)11-7-14(20-2)15(21-3)8-13(11)19/h4-8,16H,1-3H3. The largest absolute Gasteiger partial charge is 0.493 e. The maximum atomic E-state index is 14.3. The lowest BCUT2D eigenvalue weighted by Crippen LogP contribution is -2.02. The van der Waals surface area contributed by atoms with E-state index in [0.29, 0.717) is 17.1 Å². The zero-order valence-electron chi connectivity index (χ0n) is 11.9. The van der Waals surface area contributed by atoms with E-state index in [4.69, 9.17) is 9.47 Å². The highest BCUT2D eigenvalue weighted by Gasteiger charge is 2.20. The molecule has 2 aromatic rings. The van der Waals surface area contributed by atoms with Gasteiger partial charge in [-0.2, -0.15) is 0 Å². The minimum atomic E-state index is -0.339. The van der Waals surface area contributed by atoms with Gasteiger partial charge in [0, 0.05) is 16.1 Å². The average molecular weight is 418 g/mol. The Morgan fingerprint density at radius 1 is 1.05 bits per heavy atom. The van der Waals surface area contributed by atoms with Crippen LogP contribution in [0.3, 0.4) is 0 Å². The van der Waals surface area contributed by atoms with E-state index in [1.165, 1.54) is 20.3 Å². The van der Waals surface area contributed by atoms with Crippen LogP contribution >= 0.6 is 31.9 Å². The van der Waals surface area contributed by atoms with E-state index in [2.05, 4.69) is 31.9 Å². The molecule has 0 fully saturated rings. The Morgan fingerprint density at radius 2 is 1.67 bits per heavy atom. The summed E-state index contributed by atoms with van der Waals surface area (Å²) >= 11 is 7.08. The van der Waals surface area contributed by atoms with Crippen molar-refractivity contribution in [3.05, 3.63) is 57.3 Å². The molecule has 5 heteroatoms. The van der Waals surface area contributed by atoms with Gasteiger partial charge in [0.05, 0.1) is 19.0 Å². The Kier molecular flexibility index (Phi) is 5.27. The number of hydrogen-bond acceptors (Lipinski definition) is 2. The van der Waals surface area contributed by atoms with Gasteiger partial charge in [-0.15, -0.1) is 0 Å². The molecule has 0 aromatic heterocycles. The van der Waals surface area contributed by atoms with Gasteiger partial charge >= 0.3 is 0 Å². The molecular formula is C16H15Br2FO2. The highest BCUT2D eigenvalue weighted by Crippen LogP contribution is 2.40. The number of benzene rings is 2. The van der Waals surface area contributed by atoms with Crippen molar-refractivity contribution in [1.82, 2.24) is 0 Å². The Balaban J connectivity index is 2.53. The van der Waals surface area contributed by atoms with E-state index >= 15 is 0 Å². The lowest BCUT2D eigenvalue weighted by atomic mass is 9.99. The maximum Gasteiger partial charge on any atom is 0.163 e. The summed E-state index contributed by atoms with van der Waals surface area (Å²) < 4.78 is 25.7. The summed E-state index contributed by atoms with van der Waals surface area (Å²) in [5.41, 5.74) is 2.57. The van der Waals surface area contributed by atoms with Gasteiger partial charge in [0.15, 0.2) is 11.5 Å². The normalized spacial score (nSPS) is 12.1. The molecule has 2 aromatic carbocycles. The summed E-state index contributed by atoms with van der Waals surface area (Å²) in [7, 11) is 3.02. The zero-order chi connectivity index (χ0) is 15.6. The third kappa shape index (κ3) is 3.24. The van der Waals surface area contributed by atoms with Crippen LogP contribution in [0.15, 0.2) is 34.8 Å². The first kappa shape index (κ1) is 16.3. The number of alkyl halides is 1. The second-order valence-electron chi connectivity index (χ2n) is 4.55. The maximum absolute atomic E-state index is 14.3. The lowest BCUT2D eigenvalue weighted by molar-refractivity contribution is 0.351.